The third-order valence-corrected chi connectivity index (χ3v) is 4.65. The number of nitrogens with zero attached hydrogens (tertiary/aromatic N) is 1. The lowest BCUT2D eigenvalue weighted by Crippen LogP contribution is -2.45. The van der Waals surface area contributed by atoms with Crippen molar-refractivity contribution in [1.82, 2.24) is 4.90 Å². The van der Waals surface area contributed by atoms with Gasteiger partial charge in [-0.2, -0.15) is 0 Å². The van der Waals surface area contributed by atoms with Crippen LogP contribution in [0.5, 0.6) is 0 Å². The Morgan fingerprint density at radius 2 is 2.04 bits per heavy atom. The van der Waals surface area contributed by atoms with E-state index in [0.717, 1.165) is 5.56 Å². The van der Waals surface area contributed by atoms with Gasteiger partial charge in [-0.3, -0.25) is 4.79 Å². The molecule has 1 N–H and O–H groups in total. The molecule has 6 nitrogen and oxygen atoms in total. The first-order valence-electron chi connectivity index (χ1n) is 8.87. The van der Waals surface area contributed by atoms with Crippen LogP contribution in [0.3, 0.4) is 0 Å². The zero-order valence-electron chi connectivity index (χ0n) is 14.7. The van der Waals surface area contributed by atoms with E-state index in [4.69, 9.17) is 9.15 Å². The Balaban J connectivity index is 1.80. The quantitative estimate of drug-likeness (QED) is 0.822. The van der Waals surface area contributed by atoms with Gasteiger partial charge in [-0.15, -0.1) is 0 Å². The molecule has 0 saturated carbocycles. The van der Waals surface area contributed by atoms with Crippen molar-refractivity contribution < 1.29 is 23.8 Å². The van der Waals surface area contributed by atoms with E-state index in [-0.39, 0.29) is 12.6 Å². The van der Waals surface area contributed by atoms with Gasteiger partial charge in [0.15, 0.2) is 0 Å². The van der Waals surface area contributed by atoms with Crippen molar-refractivity contribution in [3.8, 4) is 0 Å². The number of hydrogen-bond acceptors (Lipinski definition) is 5. The van der Waals surface area contributed by atoms with Crippen LogP contribution in [-0.2, 0) is 16.0 Å². The fraction of sp³-hybridized carbons (Fsp3) is 0.400. The predicted octanol–water partition coefficient (Wildman–Crippen LogP) is 3.32. The van der Waals surface area contributed by atoms with E-state index in [0.29, 0.717) is 25.0 Å². The summed E-state index contributed by atoms with van der Waals surface area (Å²) < 4.78 is 10.4. The zero-order chi connectivity index (χ0) is 18.5. The number of ether oxygens (including phenoxy) is 1. The van der Waals surface area contributed by atoms with Gasteiger partial charge in [-0.1, -0.05) is 43.7 Å². The van der Waals surface area contributed by atoms with Crippen LogP contribution in [0.15, 0.2) is 53.1 Å². The molecule has 0 aliphatic carbocycles. The Hall–Kier alpha value is -2.60. The molecule has 0 unspecified atom stereocenters. The average molecular weight is 357 g/mol. The largest absolute Gasteiger partial charge is 0.467 e. The Bertz CT molecular complexity index is 728. The normalized spacial score (nSPS) is 19.2. The molecular weight excluding hydrogens is 334 g/mol. The molecule has 1 fully saturated rings. The number of hydrogen-bond donors (Lipinski definition) is 1. The Kier molecular flexibility index (Phi) is 5.73. The van der Waals surface area contributed by atoms with E-state index in [2.05, 4.69) is 0 Å². The number of aliphatic hydroxyl groups excluding tert-OH is 1. The van der Waals surface area contributed by atoms with E-state index in [9.17, 15) is 14.7 Å². The van der Waals surface area contributed by atoms with Crippen LogP contribution >= 0.6 is 0 Å². The number of benzene rings is 1. The highest BCUT2D eigenvalue weighted by Crippen LogP contribution is 2.30. The lowest BCUT2D eigenvalue weighted by atomic mass is 9.93. The second-order valence-electron chi connectivity index (χ2n) is 6.48. The smallest absolute Gasteiger partial charge is 0.416 e. The van der Waals surface area contributed by atoms with E-state index in [1.165, 1.54) is 11.2 Å². The van der Waals surface area contributed by atoms with Gasteiger partial charge in [-0.05, 0) is 30.5 Å². The van der Waals surface area contributed by atoms with Crippen molar-refractivity contribution in [2.24, 2.45) is 5.92 Å². The molecular formula is C20H23NO5. The lowest BCUT2D eigenvalue weighted by molar-refractivity contribution is -0.138. The van der Waals surface area contributed by atoms with Crippen molar-refractivity contribution in [2.75, 3.05) is 6.61 Å². The van der Waals surface area contributed by atoms with Gasteiger partial charge in [0.2, 0.25) is 5.91 Å². The van der Waals surface area contributed by atoms with Crippen molar-refractivity contribution in [3.63, 3.8) is 0 Å². The van der Waals surface area contributed by atoms with Crippen molar-refractivity contribution >= 4 is 12.0 Å². The molecule has 2 heterocycles. The summed E-state index contributed by atoms with van der Waals surface area (Å²) in [5.74, 6) is -0.849. The summed E-state index contributed by atoms with van der Waals surface area (Å²) in [6.07, 6.45) is 1.37. The molecule has 3 rings (SSSR count). The molecule has 26 heavy (non-hydrogen) atoms. The summed E-state index contributed by atoms with van der Waals surface area (Å²) in [4.78, 5) is 26.5. The summed E-state index contributed by atoms with van der Waals surface area (Å²) >= 11 is 0. The number of aliphatic hydroxyl groups is 1. The van der Waals surface area contributed by atoms with Gasteiger partial charge >= 0.3 is 6.09 Å². The maximum atomic E-state index is 13.1. The molecule has 1 aliphatic heterocycles. The number of carbonyl (C=O) groups excluding carboxylic acids is 2. The third-order valence-electron chi connectivity index (χ3n) is 4.65. The highest BCUT2D eigenvalue weighted by molar-refractivity contribution is 5.95. The first-order chi connectivity index (χ1) is 12.6. The molecule has 0 spiro atoms. The molecule has 1 saturated heterocycles. The maximum Gasteiger partial charge on any atom is 0.416 e. The highest BCUT2D eigenvalue weighted by atomic mass is 16.6. The second-order valence-corrected chi connectivity index (χ2v) is 6.48. The molecule has 1 aliphatic rings. The minimum absolute atomic E-state index is 0.162. The Morgan fingerprint density at radius 3 is 2.69 bits per heavy atom. The van der Waals surface area contributed by atoms with Crippen molar-refractivity contribution in [2.45, 2.75) is 38.3 Å². The summed E-state index contributed by atoms with van der Waals surface area (Å²) in [5, 5.41) is 10.6. The molecule has 1 aromatic heterocycles. The molecule has 138 valence electrons. The van der Waals surface area contributed by atoms with Crippen LogP contribution in [0.2, 0.25) is 0 Å². The van der Waals surface area contributed by atoms with E-state index >= 15 is 0 Å². The molecule has 0 radical (unpaired) electrons. The summed E-state index contributed by atoms with van der Waals surface area (Å²) in [6, 6.07) is 12.6. The fourth-order valence-corrected chi connectivity index (χ4v) is 3.33. The first kappa shape index (κ1) is 18.2. The molecule has 0 bridgehead atoms. The molecule has 2 amide bonds. The minimum Gasteiger partial charge on any atom is -0.467 e. The van der Waals surface area contributed by atoms with Gasteiger partial charge in [0.25, 0.3) is 0 Å². The van der Waals surface area contributed by atoms with Crippen LogP contribution in [-0.4, -0.2) is 34.7 Å². The lowest BCUT2D eigenvalue weighted by Gasteiger charge is -2.27. The number of rotatable bonds is 7. The molecule has 6 heteroatoms. The van der Waals surface area contributed by atoms with Crippen LogP contribution in [0, 0.1) is 5.92 Å². The molecule has 3 atom stereocenters. The number of cyclic esters (lactones) is 1. The number of imide groups is 1. The van der Waals surface area contributed by atoms with Crippen LogP contribution < -0.4 is 0 Å². The first-order valence-corrected chi connectivity index (χ1v) is 8.87. The van der Waals surface area contributed by atoms with Crippen LogP contribution in [0.4, 0.5) is 4.79 Å². The molecule has 2 aromatic rings. The van der Waals surface area contributed by atoms with Gasteiger partial charge < -0.3 is 14.3 Å². The fourth-order valence-electron chi connectivity index (χ4n) is 3.33. The predicted molar refractivity (Wildman–Crippen MR) is 94.2 cm³/mol. The Labute approximate surface area is 152 Å². The summed E-state index contributed by atoms with van der Waals surface area (Å²) in [5.41, 5.74) is 1.02. The highest BCUT2D eigenvalue weighted by Gasteiger charge is 2.43. The van der Waals surface area contributed by atoms with Crippen molar-refractivity contribution in [3.05, 3.63) is 60.1 Å². The van der Waals surface area contributed by atoms with Gasteiger partial charge in [0.05, 0.1) is 18.2 Å². The minimum atomic E-state index is -1.09. The van der Waals surface area contributed by atoms with Crippen LogP contribution in [0.25, 0.3) is 0 Å². The summed E-state index contributed by atoms with van der Waals surface area (Å²) in [7, 11) is 0. The maximum absolute atomic E-state index is 13.1. The third kappa shape index (κ3) is 3.80. The summed E-state index contributed by atoms with van der Waals surface area (Å²) in [6.45, 7) is 2.09. The van der Waals surface area contributed by atoms with Gasteiger partial charge in [-0.25, -0.2) is 9.69 Å². The average Bonchev–Trinajstić information content (AvgIpc) is 3.30. The number of furan rings is 1. The second kappa shape index (κ2) is 8.19. The van der Waals surface area contributed by atoms with Gasteiger partial charge in [0, 0.05) is 0 Å². The number of carbonyl (C=O) groups is 2. The van der Waals surface area contributed by atoms with Gasteiger partial charge in [0.1, 0.15) is 18.5 Å². The molecule has 1 aromatic carbocycles. The van der Waals surface area contributed by atoms with Crippen LogP contribution in [0.1, 0.15) is 37.2 Å². The monoisotopic (exact) mass is 357 g/mol. The zero-order valence-corrected chi connectivity index (χ0v) is 14.7. The van der Waals surface area contributed by atoms with Crippen molar-refractivity contribution in [1.29, 1.82) is 0 Å². The standard InChI is InChI=1S/C20H23NO5/c1-2-7-16(18(22)17-10-6-11-25-17)19(23)21-15(13-26-20(21)24)12-14-8-4-3-5-9-14/h3-6,8-11,15-16,18,22H,2,7,12-13H2,1H3/t15-,16-,18-/m0/s1. The van der Waals surface area contributed by atoms with E-state index in [1.54, 1.807) is 12.1 Å². The van der Waals surface area contributed by atoms with E-state index in [1.807, 2.05) is 37.3 Å². The SMILES string of the molecule is CCC[C@H](C(=O)N1C(=O)OC[C@@H]1Cc1ccccc1)[C@H](O)c1ccco1. The van der Waals surface area contributed by atoms with E-state index < -0.39 is 24.0 Å². The topological polar surface area (TPSA) is 80.0 Å². The number of amides is 2. The Morgan fingerprint density at radius 1 is 1.27 bits per heavy atom.